The summed E-state index contributed by atoms with van der Waals surface area (Å²) in [6, 6.07) is 19.1. The predicted molar refractivity (Wildman–Crippen MR) is 247 cm³/mol. The molecule has 0 unspecified atom stereocenters. The van der Waals surface area contributed by atoms with E-state index in [9.17, 15) is 38.4 Å². The van der Waals surface area contributed by atoms with Gasteiger partial charge in [-0.25, -0.2) is 0 Å². The van der Waals surface area contributed by atoms with Crippen molar-refractivity contribution in [1.82, 2.24) is 9.80 Å². The minimum atomic E-state index is -0.451. The third kappa shape index (κ3) is 11.7. The Bertz CT molecular complexity index is 2280. The van der Waals surface area contributed by atoms with Crippen LogP contribution in [0, 0.1) is 0 Å². The number of halogens is 2. The Morgan fingerprint density at radius 3 is 0.937 bits per heavy atom. The molecule has 332 valence electrons. The molecule has 0 atom stereocenters. The molecular weight excluding hydrogens is 847 g/mol. The maximum Gasteiger partial charge on any atom is 0.225 e. The highest BCUT2D eigenvalue weighted by atomic mass is 35.5. The zero-order valence-corrected chi connectivity index (χ0v) is 36.4. The third-order valence-electron chi connectivity index (χ3n) is 10.4. The fourth-order valence-electron chi connectivity index (χ4n) is 6.82. The fraction of sp³-hybridized carbons (Fsp3) is 0.319. The number of carbonyl (C=O) groups excluding carboxylic acids is 8. The zero-order valence-electron chi connectivity index (χ0n) is 34.9. The Kier molecular flexibility index (Phi) is 18.0. The minimum Gasteiger partial charge on any atom is -0.325 e. The van der Waals surface area contributed by atoms with Crippen molar-refractivity contribution in [2.45, 2.75) is 47.0 Å². The molecule has 0 bridgehead atoms. The van der Waals surface area contributed by atoms with Gasteiger partial charge in [-0.2, -0.15) is 0 Å². The Balaban J connectivity index is 0.000000277. The molecule has 4 aromatic carbocycles. The molecule has 2 aliphatic rings. The first-order chi connectivity index (χ1) is 29.7. The van der Waals surface area contributed by atoms with Gasteiger partial charge in [0.2, 0.25) is 23.6 Å². The highest BCUT2D eigenvalue weighted by Gasteiger charge is 2.36. The monoisotopic (exact) mass is 898 g/mol. The van der Waals surface area contributed by atoms with E-state index in [1.807, 2.05) is 37.7 Å². The van der Waals surface area contributed by atoms with Crippen molar-refractivity contribution in [2.75, 3.05) is 73.3 Å². The van der Waals surface area contributed by atoms with E-state index in [1.165, 1.54) is 12.1 Å². The van der Waals surface area contributed by atoms with E-state index < -0.39 is 11.6 Å². The second kappa shape index (κ2) is 22.9. The summed E-state index contributed by atoms with van der Waals surface area (Å²) in [5, 5.41) is 10.9. The van der Waals surface area contributed by atoms with Gasteiger partial charge in [0.1, 0.15) is 0 Å². The molecule has 0 aromatic heterocycles. The topological polar surface area (TPSA) is 191 Å². The van der Waals surface area contributed by atoms with Crippen LogP contribution in [0.1, 0.15) is 111 Å². The Morgan fingerprint density at radius 1 is 0.444 bits per heavy atom. The summed E-state index contributed by atoms with van der Waals surface area (Å²) in [7, 11) is 3.85. The summed E-state index contributed by atoms with van der Waals surface area (Å²) in [4.78, 5) is 106. The lowest BCUT2D eigenvalue weighted by molar-refractivity contribution is -0.117. The van der Waals surface area contributed by atoms with Crippen LogP contribution in [0.3, 0.4) is 0 Å². The molecule has 63 heavy (non-hydrogen) atoms. The smallest absolute Gasteiger partial charge is 0.225 e. The quantitative estimate of drug-likeness (QED) is 0.0720. The SMILES string of the molecule is C.CCN(C)CCC(=O)Nc1cccc2c1C(=O)c1c(NC(=O)CCN(C)CC)cccc1C2=O.O=C(CCCl)Nc1cccc2c1C(=O)c1c(NC(=O)CCCl)cccc1C2=O. The maximum atomic E-state index is 13.6. The summed E-state index contributed by atoms with van der Waals surface area (Å²) >= 11 is 11.2. The molecule has 14 nitrogen and oxygen atoms in total. The first-order valence-corrected chi connectivity index (χ1v) is 21.2. The molecular formula is C47H52Cl2N6O8. The lowest BCUT2D eigenvalue weighted by Crippen LogP contribution is -2.28. The van der Waals surface area contributed by atoms with Gasteiger partial charge in [0.25, 0.3) is 0 Å². The average Bonchev–Trinajstić information content (AvgIpc) is 3.25. The largest absolute Gasteiger partial charge is 0.325 e. The highest BCUT2D eigenvalue weighted by molar-refractivity contribution is 6.34. The van der Waals surface area contributed by atoms with Crippen molar-refractivity contribution in [3.63, 3.8) is 0 Å². The number of amides is 4. The number of anilines is 4. The van der Waals surface area contributed by atoms with E-state index in [0.717, 1.165) is 13.1 Å². The molecule has 0 spiro atoms. The molecule has 4 N–H and O–H groups in total. The van der Waals surface area contributed by atoms with Gasteiger partial charge < -0.3 is 31.1 Å². The number of alkyl halides is 2. The van der Waals surface area contributed by atoms with E-state index >= 15 is 0 Å². The molecule has 0 heterocycles. The van der Waals surface area contributed by atoms with Crippen LogP contribution in [0.4, 0.5) is 22.7 Å². The first-order valence-electron chi connectivity index (χ1n) is 20.1. The van der Waals surface area contributed by atoms with Crippen LogP contribution in [-0.4, -0.2) is 109 Å². The van der Waals surface area contributed by atoms with Crippen LogP contribution in [0.15, 0.2) is 72.8 Å². The van der Waals surface area contributed by atoms with Gasteiger partial charge in [-0.3, -0.25) is 38.4 Å². The standard InChI is InChI=1S/C26H32N4O4.C20H16Cl2N2O4.CH4/c1-5-29(3)15-13-21(31)27-19-11-7-9-17-23(19)26(34)24-18(25(17)33)10-8-12-20(24)28-22(32)14-16-30(4)6-2;21-9-7-15(25)23-13-5-1-3-11-17(13)20(28)18-12(19(11)27)4-2-6-14(18)24-16(26)8-10-22;/h7-12H,5-6,13-16H2,1-4H3,(H,27,31)(H,28,32);1-6H,7-10H2,(H,23,25)(H,24,26);1H4. The number of nitrogens with one attached hydrogen (secondary N) is 4. The summed E-state index contributed by atoms with van der Waals surface area (Å²) in [6.45, 7) is 6.81. The molecule has 2 aliphatic carbocycles. The summed E-state index contributed by atoms with van der Waals surface area (Å²) in [5.74, 6) is -2.44. The molecule has 0 radical (unpaired) electrons. The molecule has 4 aromatic rings. The van der Waals surface area contributed by atoms with Gasteiger partial charge in [0.05, 0.1) is 45.0 Å². The van der Waals surface area contributed by atoms with E-state index in [-0.39, 0.29) is 136 Å². The number of hydrogen-bond acceptors (Lipinski definition) is 10. The lowest BCUT2D eigenvalue weighted by Gasteiger charge is -2.23. The van der Waals surface area contributed by atoms with Gasteiger partial charge in [-0.1, -0.05) is 69.8 Å². The molecule has 16 heteroatoms. The second-order valence-electron chi connectivity index (χ2n) is 14.6. The normalized spacial score (nSPS) is 12.2. The Hall–Kier alpha value is -6.06. The second-order valence-corrected chi connectivity index (χ2v) is 15.3. The Morgan fingerprint density at radius 2 is 0.698 bits per heavy atom. The average molecular weight is 900 g/mol. The van der Waals surface area contributed by atoms with Crippen LogP contribution in [0.25, 0.3) is 0 Å². The lowest BCUT2D eigenvalue weighted by atomic mass is 9.82. The number of rotatable bonds is 16. The number of benzene rings is 4. The van der Waals surface area contributed by atoms with Crippen LogP contribution < -0.4 is 21.3 Å². The van der Waals surface area contributed by atoms with Crippen LogP contribution >= 0.6 is 23.2 Å². The van der Waals surface area contributed by atoms with Crippen molar-refractivity contribution >= 4 is 92.7 Å². The van der Waals surface area contributed by atoms with E-state index in [4.69, 9.17) is 23.2 Å². The van der Waals surface area contributed by atoms with E-state index in [2.05, 4.69) is 21.3 Å². The van der Waals surface area contributed by atoms with Crippen molar-refractivity contribution in [2.24, 2.45) is 0 Å². The van der Waals surface area contributed by atoms with Gasteiger partial charge in [-0.15, -0.1) is 23.2 Å². The number of fused-ring (bicyclic) bond motifs is 4. The maximum absolute atomic E-state index is 13.6. The summed E-state index contributed by atoms with van der Waals surface area (Å²) in [6.07, 6.45) is 0.674. The number of carbonyl (C=O) groups is 8. The van der Waals surface area contributed by atoms with Gasteiger partial charge >= 0.3 is 0 Å². The van der Waals surface area contributed by atoms with Crippen molar-refractivity contribution in [3.05, 3.63) is 117 Å². The highest BCUT2D eigenvalue weighted by Crippen LogP contribution is 2.37. The molecule has 4 amide bonds. The van der Waals surface area contributed by atoms with Crippen molar-refractivity contribution in [1.29, 1.82) is 0 Å². The predicted octanol–water partition coefficient (Wildman–Crippen LogP) is 7.26. The number of ketones is 4. The first kappa shape index (κ1) is 49.6. The van der Waals surface area contributed by atoms with Crippen molar-refractivity contribution < 1.29 is 38.4 Å². The van der Waals surface area contributed by atoms with Crippen LogP contribution in [0.2, 0.25) is 0 Å². The molecule has 6 rings (SSSR count). The Labute approximate surface area is 377 Å². The molecule has 0 saturated heterocycles. The van der Waals surface area contributed by atoms with Gasteiger partial charge in [-0.05, 0) is 51.5 Å². The summed E-state index contributed by atoms with van der Waals surface area (Å²) in [5.41, 5.74) is 2.47. The molecule has 0 fully saturated rings. The fourth-order valence-corrected chi connectivity index (χ4v) is 7.17. The van der Waals surface area contributed by atoms with E-state index in [0.29, 0.717) is 24.5 Å². The van der Waals surface area contributed by atoms with Crippen molar-refractivity contribution in [3.8, 4) is 0 Å². The van der Waals surface area contributed by atoms with Crippen LogP contribution in [0.5, 0.6) is 0 Å². The molecule has 0 saturated carbocycles. The minimum absolute atomic E-state index is 0. The third-order valence-corrected chi connectivity index (χ3v) is 10.8. The van der Waals surface area contributed by atoms with Gasteiger partial charge in [0.15, 0.2) is 23.1 Å². The summed E-state index contributed by atoms with van der Waals surface area (Å²) < 4.78 is 0. The number of hydrogen-bond donors (Lipinski definition) is 4. The van der Waals surface area contributed by atoms with Gasteiger partial charge in [0, 0.05) is 72.8 Å². The number of nitrogens with zero attached hydrogens (tertiary/aromatic N) is 2. The van der Waals surface area contributed by atoms with E-state index in [1.54, 1.807) is 60.7 Å². The van der Waals surface area contributed by atoms with Crippen LogP contribution in [-0.2, 0) is 19.2 Å². The molecule has 0 aliphatic heterocycles. The zero-order chi connectivity index (χ0) is 45.1.